The second kappa shape index (κ2) is 7.31. The van der Waals surface area contributed by atoms with Crippen molar-refractivity contribution in [3.63, 3.8) is 0 Å². The van der Waals surface area contributed by atoms with Crippen molar-refractivity contribution in [3.8, 4) is 0 Å². The number of anilines is 1. The van der Waals surface area contributed by atoms with Crippen LogP contribution in [0.3, 0.4) is 0 Å². The van der Waals surface area contributed by atoms with E-state index >= 15 is 0 Å². The topological polar surface area (TPSA) is 141 Å². The molecular weight excluding hydrogens is 358 g/mol. The summed E-state index contributed by atoms with van der Waals surface area (Å²) in [6, 6.07) is 2.00. The van der Waals surface area contributed by atoms with Gasteiger partial charge in [0.05, 0.1) is 15.4 Å². The Morgan fingerprint density at radius 3 is 2.33 bits per heavy atom. The molecule has 0 aliphatic carbocycles. The molecule has 0 radical (unpaired) electrons. The SMILES string of the molecule is CCSc1nnc(NC(=O)c2cc([N+](=O)[O-])c(C)c([N+](=O)[O-])c2)s1. The highest BCUT2D eigenvalue weighted by Crippen LogP contribution is 2.30. The fourth-order valence-electron chi connectivity index (χ4n) is 1.81. The number of hydrogen-bond acceptors (Lipinski definition) is 9. The lowest BCUT2D eigenvalue weighted by Crippen LogP contribution is -2.13. The number of hydrogen-bond donors (Lipinski definition) is 1. The number of rotatable bonds is 6. The van der Waals surface area contributed by atoms with Gasteiger partial charge in [-0.1, -0.05) is 30.0 Å². The normalized spacial score (nSPS) is 10.4. The minimum atomic E-state index is -0.764. The molecule has 0 unspecified atom stereocenters. The first-order chi connectivity index (χ1) is 11.3. The summed E-state index contributed by atoms with van der Waals surface area (Å²) < 4.78 is 0.661. The van der Waals surface area contributed by atoms with Gasteiger partial charge in [0.15, 0.2) is 4.34 Å². The Morgan fingerprint density at radius 2 is 1.83 bits per heavy atom. The second-order valence-electron chi connectivity index (χ2n) is 4.41. The zero-order valence-electron chi connectivity index (χ0n) is 12.5. The molecule has 1 amide bonds. The van der Waals surface area contributed by atoms with Crippen LogP contribution < -0.4 is 5.32 Å². The molecule has 2 aromatic rings. The lowest BCUT2D eigenvalue weighted by atomic mass is 10.1. The quantitative estimate of drug-likeness (QED) is 0.354. The minimum Gasteiger partial charge on any atom is -0.296 e. The van der Waals surface area contributed by atoms with Gasteiger partial charge in [0, 0.05) is 12.1 Å². The fraction of sp³-hybridized carbons (Fsp3) is 0.250. The summed E-state index contributed by atoms with van der Waals surface area (Å²) in [6.45, 7) is 3.20. The molecule has 0 bridgehead atoms. The molecule has 0 saturated heterocycles. The van der Waals surface area contributed by atoms with E-state index in [2.05, 4.69) is 15.5 Å². The zero-order chi connectivity index (χ0) is 17.9. The molecule has 2 rings (SSSR count). The standard InChI is InChI=1S/C12H11N5O5S2/c1-3-23-12-15-14-11(24-12)13-10(18)7-4-8(16(19)20)6(2)9(5-7)17(21)22/h4-5H,3H2,1-2H3,(H,13,14,18). The highest BCUT2D eigenvalue weighted by molar-refractivity contribution is 8.01. The van der Waals surface area contributed by atoms with Crippen LogP contribution in [-0.4, -0.2) is 31.7 Å². The van der Waals surface area contributed by atoms with E-state index < -0.39 is 27.1 Å². The maximum atomic E-state index is 12.2. The Morgan fingerprint density at radius 1 is 1.25 bits per heavy atom. The van der Waals surface area contributed by atoms with Gasteiger partial charge in [-0.2, -0.15) is 0 Å². The third-order valence-electron chi connectivity index (χ3n) is 2.90. The summed E-state index contributed by atoms with van der Waals surface area (Å²) in [5.41, 5.74) is -1.29. The maximum Gasteiger partial charge on any atom is 0.279 e. The van der Waals surface area contributed by atoms with E-state index in [0.29, 0.717) is 4.34 Å². The predicted octanol–water partition coefficient (Wildman–Crippen LogP) is 3.03. The van der Waals surface area contributed by atoms with Crippen molar-refractivity contribution in [1.82, 2.24) is 10.2 Å². The molecule has 24 heavy (non-hydrogen) atoms. The molecule has 1 aromatic carbocycles. The Bertz CT molecular complexity index is 787. The summed E-state index contributed by atoms with van der Waals surface area (Å²) in [6.07, 6.45) is 0. The monoisotopic (exact) mass is 369 g/mol. The van der Waals surface area contributed by atoms with Crippen molar-refractivity contribution in [2.24, 2.45) is 0 Å². The summed E-state index contributed by atoms with van der Waals surface area (Å²) in [5.74, 6) is 0.0595. The molecule has 12 heteroatoms. The van der Waals surface area contributed by atoms with Crippen LogP contribution in [0.1, 0.15) is 22.8 Å². The Hall–Kier alpha value is -2.60. The summed E-state index contributed by atoms with van der Waals surface area (Å²) in [5, 5.41) is 32.4. The molecule has 126 valence electrons. The zero-order valence-corrected chi connectivity index (χ0v) is 14.1. The van der Waals surface area contributed by atoms with Gasteiger partial charge < -0.3 is 0 Å². The van der Waals surface area contributed by atoms with Gasteiger partial charge in [-0.15, -0.1) is 10.2 Å². The molecule has 1 aromatic heterocycles. The van der Waals surface area contributed by atoms with Crippen molar-refractivity contribution >= 4 is 45.5 Å². The van der Waals surface area contributed by atoms with Crippen molar-refractivity contribution in [2.45, 2.75) is 18.2 Å². The van der Waals surface area contributed by atoms with E-state index in [-0.39, 0.29) is 16.3 Å². The number of amides is 1. The number of carbonyl (C=O) groups is 1. The Balaban J connectivity index is 2.34. The number of carbonyl (C=O) groups excluding carboxylic acids is 1. The molecule has 0 aliphatic rings. The van der Waals surface area contributed by atoms with Gasteiger partial charge in [-0.3, -0.25) is 30.3 Å². The van der Waals surface area contributed by atoms with Crippen molar-refractivity contribution in [2.75, 3.05) is 11.1 Å². The van der Waals surface area contributed by atoms with E-state index in [4.69, 9.17) is 0 Å². The average Bonchev–Trinajstić information content (AvgIpc) is 2.94. The van der Waals surface area contributed by atoms with Crippen molar-refractivity contribution in [1.29, 1.82) is 0 Å². The maximum absolute atomic E-state index is 12.2. The van der Waals surface area contributed by atoms with Gasteiger partial charge in [-0.05, 0) is 12.7 Å². The average molecular weight is 369 g/mol. The molecule has 0 fully saturated rings. The number of nitro groups is 2. The van der Waals surface area contributed by atoms with Gasteiger partial charge in [-0.25, -0.2) is 0 Å². The molecule has 0 atom stereocenters. The molecule has 0 saturated carbocycles. The van der Waals surface area contributed by atoms with Crippen LogP contribution in [-0.2, 0) is 0 Å². The van der Waals surface area contributed by atoms with Crippen LogP contribution in [0.4, 0.5) is 16.5 Å². The number of nitrogens with one attached hydrogen (secondary N) is 1. The largest absolute Gasteiger partial charge is 0.296 e. The molecule has 1 N–H and O–H groups in total. The molecule has 0 aliphatic heterocycles. The number of nitrogens with zero attached hydrogens (tertiary/aromatic N) is 4. The first kappa shape index (κ1) is 17.7. The third kappa shape index (κ3) is 3.83. The number of aromatic nitrogens is 2. The van der Waals surface area contributed by atoms with Crippen LogP contribution in [0.5, 0.6) is 0 Å². The van der Waals surface area contributed by atoms with E-state index in [0.717, 1.165) is 29.2 Å². The van der Waals surface area contributed by atoms with Gasteiger partial charge in [0.1, 0.15) is 5.56 Å². The first-order valence-electron chi connectivity index (χ1n) is 6.54. The molecular formula is C12H11N5O5S2. The molecule has 0 spiro atoms. The third-order valence-corrected chi connectivity index (χ3v) is 4.76. The second-order valence-corrected chi connectivity index (χ2v) is 6.90. The van der Waals surface area contributed by atoms with Crippen LogP contribution in [0, 0.1) is 27.2 Å². The minimum absolute atomic E-state index is 0.112. The number of benzene rings is 1. The Kier molecular flexibility index (Phi) is 5.41. The summed E-state index contributed by atoms with van der Waals surface area (Å²) >= 11 is 2.59. The van der Waals surface area contributed by atoms with Gasteiger partial charge >= 0.3 is 0 Å². The number of thioether (sulfide) groups is 1. The highest BCUT2D eigenvalue weighted by Gasteiger charge is 2.25. The van der Waals surface area contributed by atoms with E-state index in [1.54, 1.807) is 0 Å². The molecule has 1 heterocycles. The number of nitro benzene ring substituents is 2. The van der Waals surface area contributed by atoms with Crippen molar-refractivity contribution < 1.29 is 14.6 Å². The predicted molar refractivity (Wildman–Crippen MR) is 88.7 cm³/mol. The summed E-state index contributed by atoms with van der Waals surface area (Å²) in [7, 11) is 0. The first-order valence-corrected chi connectivity index (χ1v) is 8.34. The smallest absolute Gasteiger partial charge is 0.279 e. The van der Waals surface area contributed by atoms with Crippen LogP contribution in [0.25, 0.3) is 0 Å². The lowest BCUT2D eigenvalue weighted by molar-refractivity contribution is -0.395. The lowest BCUT2D eigenvalue weighted by Gasteiger charge is -2.04. The van der Waals surface area contributed by atoms with E-state index in [9.17, 15) is 25.0 Å². The van der Waals surface area contributed by atoms with Crippen LogP contribution in [0.2, 0.25) is 0 Å². The summed E-state index contributed by atoms with van der Waals surface area (Å²) in [4.78, 5) is 32.8. The fourth-order valence-corrected chi connectivity index (χ4v) is 3.45. The van der Waals surface area contributed by atoms with E-state index in [1.165, 1.54) is 18.7 Å². The van der Waals surface area contributed by atoms with Crippen molar-refractivity contribution in [3.05, 3.63) is 43.5 Å². The van der Waals surface area contributed by atoms with E-state index in [1.807, 2.05) is 6.92 Å². The molecule has 10 nitrogen and oxygen atoms in total. The van der Waals surface area contributed by atoms with Crippen LogP contribution >= 0.6 is 23.1 Å². The highest BCUT2D eigenvalue weighted by atomic mass is 32.2. The van der Waals surface area contributed by atoms with Crippen LogP contribution in [0.15, 0.2) is 16.5 Å². The van der Waals surface area contributed by atoms with Gasteiger partial charge in [0.25, 0.3) is 17.3 Å². The Labute approximate surface area is 143 Å². The van der Waals surface area contributed by atoms with Gasteiger partial charge in [0.2, 0.25) is 5.13 Å².